The highest BCUT2D eigenvalue weighted by molar-refractivity contribution is 5.94. The standard InChI is InChI=1S/C29H35N7O4.C20H20N6O.C2HF3O/c1-19-8-9-22-21(17-33-36(22)23-7-5-6-16-38-23)25(19)39-27-24-20(10-11-30-27)26(32-18-31-24)34-12-14-35(15-13-34)28(37)40-29(2,3)4;1-13-5-6-16-15(11-24-25-16)18(13)27-20-17-14(7-8-21-20)19(23-12-22-17)26-9-3-2-4-10-26;3-2(4,5)1-6/h8-11,17-18,23H,5-7,12-16H2,1-4H3;5-8,11-12H,2-4,9-10H2,1H3,(H,24,25);1H. The molecule has 1 unspecified atom stereocenters. The molecule has 73 heavy (non-hydrogen) atoms. The Kier molecular flexibility index (Phi) is 14.8. The van der Waals surface area contributed by atoms with Crippen LogP contribution in [0.4, 0.5) is 29.6 Å². The van der Waals surface area contributed by atoms with Gasteiger partial charge in [-0.15, -0.1) is 0 Å². The molecule has 3 aliphatic heterocycles. The lowest BCUT2D eigenvalue weighted by molar-refractivity contribution is -0.156. The summed E-state index contributed by atoms with van der Waals surface area (Å²) in [7, 11) is 0. The highest BCUT2D eigenvalue weighted by atomic mass is 19.4. The quantitative estimate of drug-likeness (QED) is 0.148. The van der Waals surface area contributed by atoms with Crippen molar-refractivity contribution in [2.75, 3.05) is 55.7 Å². The Labute approximate surface area is 418 Å². The van der Waals surface area contributed by atoms with Gasteiger partial charge < -0.3 is 33.6 Å². The van der Waals surface area contributed by atoms with Crippen LogP contribution in [0.15, 0.2) is 73.8 Å². The minimum absolute atomic E-state index is 0.0661. The molecule has 22 heteroatoms. The summed E-state index contributed by atoms with van der Waals surface area (Å²) < 4.78 is 57.5. The van der Waals surface area contributed by atoms with Crippen LogP contribution in [-0.4, -0.2) is 125 Å². The fourth-order valence-corrected chi connectivity index (χ4v) is 9.00. The number of aldehydes is 1. The van der Waals surface area contributed by atoms with E-state index in [0.29, 0.717) is 49.2 Å². The van der Waals surface area contributed by atoms with Crippen LogP contribution in [0.2, 0.25) is 0 Å². The van der Waals surface area contributed by atoms with Crippen LogP contribution in [0.3, 0.4) is 0 Å². The van der Waals surface area contributed by atoms with Crippen molar-refractivity contribution < 1.29 is 41.7 Å². The first-order valence-electron chi connectivity index (χ1n) is 24.2. The third-order valence-corrected chi connectivity index (χ3v) is 12.5. The number of rotatable bonds is 7. The van der Waals surface area contributed by atoms with Crippen LogP contribution in [0.25, 0.3) is 43.6 Å². The van der Waals surface area contributed by atoms with Crippen molar-refractivity contribution >= 4 is 67.6 Å². The number of amides is 1. The predicted octanol–water partition coefficient (Wildman–Crippen LogP) is 9.97. The Hall–Kier alpha value is -7.75. The van der Waals surface area contributed by atoms with E-state index in [1.165, 1.54) is 19.3 Å². The molecule has 6 aromatic heterocycles. The Morgan fingerprint density at radius 2 is 1.29 bits per heavy atom. The summed E-state index contributed by atoms with van der Waals surface area (Å²) in [6.45, 7) is 14.8. The largest absolute Gasteiger partial charge is 0.446 e. The molecule has 19 nitrogen and oxygen atoms in total. The number of nitrogens with one attached hydrogen (secondary N) is 1. The lowest BCUT2D eigenvalue weighted by Gasteiger charge is -2.36. The van der Waals surface area contributed by atoms with E-state index >= 15 is 0 Å². The van der Waals surface area contributed by atoms with E-state index in [4.69, 9.17) is 23.7 Å². The Morgan fingerprint density at radius 1 is 0.699 bits per heavy atom. The maximum atomic E-state index is 12.5. The number of piperidine rings is 1. The van der Waals surface area contributed by atoms with Gasteiger partial charge in [-0.25, -0.2) is 39.4 Å². The predicted molar refractivity (Wildman–Crippen MR) is 267 cm³/mol. The summed E-state index contributed by atoms with van der Waals surface area (Å²) in [5.41, 5.74) is 4.72. The number of nitrogens with zero attached hydrogens (tertiary/aromatic N) is 12. The van der Waals surface area contributed by atoms with Crippen molar-refractivity contribution in [3.63, 3.8) is 0 Å². The van der Waals surface area contributed by atoms with Gasteiger partial charge in [0.05, 0.1) is 34.2 Å². The highest BCUT2D eigenvalue weighted by Gasteiger charge is 2.29. The van der Waals surface area contributed by atoms with E-state index in [1.54, 1.807) is 36.1 Å². The molecule has 1 atom stereocenters. The van der Waals surface area contributed by atoms with Gasteiger partial charge in [-0.05, 0) is 109 Å². The van der Waals surface area contributed by atoms with Crippen molar-refractivity contribution in [3.8, 4) is 23.3 Å². The molecule has 1 amide bonds. The SMILES string of the molecule is Cc1ccc2[nH]ncc2c1Oc1nccc2c(N3CCCCC3)ncnc12.Cc1ccc2c(cnn2C2CCCCO2)c1Oc1nccc2c(N3CCN(C(=O)OC(C)(C)C)CC3)ncnc12.O=CC(F)(F)F. The Bertz CT molecular complexity index is 3230. The van der Waals surface area contributed by atoms with Crippen molar-refractivity contribution in [1.29, 1.82) is 0 Å². The van der Waals surface area contributed by atoms with Gasteiger partial charge in [0, 0.05) is 69.0 Å². The number of ether oxygens (including phenoxy) is 4. The number of pyridine rings is 2. The number of H-pyrrole nitrogens is 1. The van der Waals surface area contributed by atoms with Crippen LogP contribution in [0, 0.1) is 13.8 Å². The monoisotopic (exact) mass is 1000 g/mol. The lowest BCUT2D eigenvalue weighted by Crippen LogP contribution is -2.50. The van der Waals surface area contributed by atoms with E-state index < -0.39 is 18.1 Å². The van der Waals surface area contributed by atoms with Gasteiger partial charge in [-0.1, -0.05) is 12.1 Å². The number of piperazine rings is 1. The summed E-state index contributed by atoms with van der Waals surface area (Å²) >= 11 is 0. The summed E-state index contributed by atoms with van der Waals surface area (Å²) in [6, 6.07) is 12.0. The van der Waals surface area contributed by atoms with Crippen molar-refractivity contribution in [2.45, 2.75) is 91.1 Å². The molecule has 2 aromatic carbocycles. The molecule has 382 valence electrons. The zero-order valence-corrected chi connectivity index (χ0v) is 41.2. The van der Waals surface area contributed by atoms with E-state index in [1.807, 2.05) is 75.8 Å². The number of fused-ring (bicyclic) bond motifs is 4. The number of carbonyl (C=O) groups excluding carboxylic acids is 2. The van der Waals surface area contributed by atoms with Crippen molar-refractivity contribution in [1.82, 2.24) is 54.8 Å². The van der Waals surface area contributed by atoms with Gasteiger partial charge in [0.25, 0.3) is 0 Å². The van der Waals surface area contributed by atoms with E-state index in [9.17, 15) is 18.0 Å². The number of aromatic amines is 1. The first-order valence-corrected chi connectivity index (χ1v) is 24.2. The second-order valence-electron chi connectivity index (χ2n) is 18.9. The zero-order chi connectivity index (χ0) is 51.3. The number of hydrogen-bond donors (Lipinski definition) is 1. The summed E-state index contributed by atoms with van der Waals surface area (Å²) in [5.74, 6) is 4.10. The fourth-order valence-electron chi connectivity index (χ4n) is 9.00. The smallest absolute Gasteiger partial charge is 0.444 e. The van der Waals surface area contributed by atoms with Gasteiger partial charge in [0.1, 0.15) is 52.4 Å². The third-order valence-electron chi connectivity index (χ3n) is 12.5. The first kappa shape index (κ1) is 50.2. The van der Waals surface area contributed by atoms with Crippen LogP contribution < -0.4 is 19.3 Å². The average molecular weight is 1000 g/mol. The molecular weight excluding hydrogens is 948 g/mol. The van der Waals surface area contributed by atoms with Crippen molar-refractivity contribution in [2.24, 2.45) is 0 Å². The maximum Gasteiger partial charge on any atom is 0.446 e. The maximum absolute atomic E-state index is 12.5. The summed E-state index contributed by atoms with van der Waals surface area (Å²) in [6.07, 6.45) is 11.0. The number of benzene rings is 2. The topological polar surface area (TPSA) is 205 Å². The number of carbonyl (C=O) groups is 2. The number of hydrogen-bond acceptors (Lipinski definition) is 16. The third kappa shape index (κ3) is 11.5. The molecule has 3 saturated heterocycles. The number of aryl methyl sites for hydroxylation is 2. The molecule has 3 aliphatic rings. The summed E-state index contributed by atoms with van der Waals surface area (Å²) in [4.78, 5) is 54.7. The van der Waals surface area contributed by atoms with Crippen molar-refractivity contribution in [3.05, 3.63) is 85.0 Å². The number of anilines is 2. The van der Waals surface area contributed by atoms with E-state index in [-0.39, 0.29) is 12.3 Å². The molecule has 0 radical (unpaired) electrons. The molecule has 0 saturated carbocycles. The molecule has 0 bridgehead atoms. The van der Waals surface area contributed by atoms with Gasteiger partial charge in [-0.2, -0.15) is 23.4 Å². The van der Waals surface area contributed by atoms with Crippen LogP contribution in [0.5, 0.6) is 23.3 Å². The molecular formula is C51H56F3N13O6. The second kappa shape index (κ2) is 21.5. The molecule has 11 rings (SSSR count). The number of halogens is 3. The normalized spacial score (nSPS) is 16.4. The van der Waals surface area contributed by atoms with Crippen LogP contribution >= 0.6 is 0 Å². The van der Waals surface area contributed by atoms with Crippen LogP contribution in [0.1, 0.15) is 76.7 Å². The lowest BCUT2D eigenvalue weighted by atomic mass is 10.1. The van der Waals surface area contributed by atoms with Gasteiger partial charge in [-0.3, -0.25) is 9.89 Å². The number of aromatic nitrogens is 10. The average Bonchev–Trinajstić information content (AvgIpc) is 4.06. The molecule has 0 spiro atoms. The van der Waals surface area contributed by atoms with Gasteiger partial charge in [0.15, 0.2) is 6.23 Å². The molecule has 0 aliphatic carbocycles. The Morgan fingerprint density at radius 3 is 1.86 bits per heavy atom. The molecule has 3 fully saturated rings. The first-order chi connectivity index (χ1) is 35.2. The van der Waals surface area contributed by atoms with E-state index in [0.717, 1.165) is 106 Å². The minimum Gasteiger partial charge on any atom is -0.444 e. The molecule has 8 aromatic rings. The highest BCUT2D eigenvalue weighted by Crippen LogP contribution is 2.39. The summed E-state index contributed by atoms with van der Waals surface area (Å²) in [5, 5.41) is 15.4. The van der Waals surface area contributed by atoms with Crippen LogP contribution in [-0.2, 0) is 14.3 Å². The van der Waals surface area contributed by atoms with Gasteiger partial charge >= 0.3 is 12.3 Å². The van der Waals surface area contributed by atoms with E-state index in [2.05, 4.69) is 61.1 Å². The van der Waals surface area contributed by atoms with Gasteiger partial charge in [0.2, 0.25) is 18.0 Å². The Balaban J connectivity index is 0.000000171. The zero-order valence-electron chi connectivity index (χ0n) is 41.2. The molecule has 9 heterocycles. The fraction of sp³-hybridized carbons (Fsp3) is 0.412. The minimum atomic E-state index is -4.64. The molecule has 1 N–H and O–H groups in total. The second-order valence-corrected chi connectivity index (χ2v) is 18.9. The number of alkyl halides is 3.